The van der Waals surface area contributed by atoms with Gasteiger partial charge in [0.25, 0.3) is 5.56 Å². The molecule has 0 atom stereocenters. The molecule has 1 aromatic carbocycles. The van der Waals surface area contributed by atoms with Crippen LogP contribution in [0.5, 0.6) is 5.75 Å². The Kier molecular flexibility index (Phi) is 7.73. The molecule has 2 heterocycles. The molecular weight excluding hydrogens is 464 g/mol. The van der Waals surface area contributed by atoms with Crippen molar-refractivity contribution in [3.8, 4) is 17.1 Å². The van der Waals surface area contributed by atoms with Gasteiger partial charge in [0.15, 0.2) is 11.3 Å². The monoisotopic (exact) mass is 494 g/mol. The summed E-state index contributed by atoms with van der Waals surface area (Å²) in [6, 6.07) is 4.25. The van der Waals surface area contributed by atoms with Crippen LogP contribution in [-0.4, -0.2) is 63.8 Å². The Labute approximate surface area is 197 Å². The maximum Gasteiger partial charge on any atom is 0.277 e. The van der Waals surface area contributed by atoms with Gasteiger partial charge in [-0.05, 0) is 38.5 Å². The molecule has 0 saturated carbocycles. The number of H-pyrrole nitrogens is 1. The minimum Gasteiger partial charge on any atom is -0.493 e. The normalized spacial score (nSPS) is 12.4. The van der Waals surface area contributed by atoms with Crippen molar-refractivity contribution in [2.45, 2.75) is 51.3 Å². The summed E-state index contributed by atoms with van der Waals surface area (Å²) >= 11 is 0. The summed E-state index contributed by atoms with van der Waals surface area (Å²) in [5.74, 6) is -0.976. The van der Waals surface area contributed by atoms with Crippen LogP contribution in [0.15, 0.2) is 27.9 Å². The van der Waals surface area contributed by atoms with Crippen LogP contribution in [0.2, 0.25) is 0 Å². The molecule has 13 heteroatoms. The second-order valence-electron chi connectivity index (χ2n) is 7.86. The summed E-state index contributed by atoms with van der Waals surface area (Å²) in [6.07, 6.45) is 1.43. The Hall–Kier alpha value is -2.84. The van der Waals surface area contributed by atoms with Crippen LogP contribution in [0.25, 0.3) is 16.9 Å². The van der Waals surface area contributed by atoms with E-state index in [9.17, 15) is 23.4 Å². The summed E-state index contributed by atoms with van der Waals surface area (Å²) in [5, 5.41) is 25.4. The van der Waals surface area contributed by atoms with Crippen LogP contribution in [-0.2, 0) is 16.4 Å². The lowest BCUT2D eigenvalue weighted by atomic mass is 10.2. The van der Waals surface area contributed by atoms with E-state index in [0.29, 0.717) is 41.4 Å². The standard InChI is InChI=1S/C21H30N6O6S/c1-5-7-17-24-13(3)18-20(28)25-19(26-27(17)18)15-12-14(8-9-16(15)33-6-2)34(31,32)23-11-10-22-21(4,29)30/h8-9,12,22-23,29-30H,5-7,10-11H2,1-4H3,(H,25,26,28). The third kappa shape index (κ3) is 5.80. The average molecular weight is 495 g/mol. The summed E-state index contributed by atoms with van der Waals surface area (Å²) in [4.78, 5) is 19.9. The van der Waals surface area contributed by atoms with Crippen molar-refractivity contribution >= 4 is 15.5 Å². The first-order valence-corrected chi connectivity index (χ1v) is 12.4. The highest BCUT2D eigenvalue weighted by Crippen LogP contribution is 2.30. The van der Waals surface area contributed by atoms with Crippen LogP contribution in [0.1, 0.15) is 38.7 Å². The number of ether oxygens (including phenoxy) is 1. The second-order valence-corrected chi connectivity index (χ2v) is 9.63. The number of fused-ring (bicyclic) bond motifs is 1. The molecule has 34 heavy (non-hydrogen) atoms. The molecule has 0 amide bonds. The number of nitrogens with zero attached hydrogens (tertiary/aromatic N) is 3. The molecule has 0 aliphatic carbocycles. The van der Waals surface area contributed by atoms with Crippen LogP contribution < -0.4 is 20.3 Å². The molecule has 2 aromatic heterocycles. The molecule has 3 rings (SSSR count). The molecule has 0 bridgehead atoms. The fourth-order valence-corrected chi connectivity index (χ4v) is 4.51. The van der Waals surface area contributed by atoms with E-state index in [-0.39, 0.29) is 23.8 Å². The molecule has 0 radical (unpaired) electrons. The van der Waals surface area contributed by atoms with Gasteiger partial charge in [-0.2, -0.15) is 0 Å². The number of benzene rings is 1. The maximum absolute atomic E-state index is 12.8. The number of hydrogen-bond donors (Lipinski definition) is 5. The quantitative estimate of drug-likeness (QED) is 0.185. The lowest BCUT2D eigenvalue weighted by Gasteiger charge is -2.17. The number of aromatic amines is 1. The first-order valence-electron chi connectivity index (χ1n) is 10.9. The topological polar surface area (TPSA) is 171 Å². The molecule has 3 aromatic rings. The fraction of sp³-hybridized carbons (Fsp3) is 0.476. The SMILES string of the molecule is CCCc1nc(C)c2c(=O)[nH]c(-c3cc(S(=O)(=O)NCCNC(C)(O)O)ccc3OCC)nn12. The van der Waals surface area contributed by atoms with Gasteiger partial charge in [0.1, 0.15) is 11.6 Å². The zero-order valence-corrected chi connectivity index (χ0v) is 20.4. The summed E-state index contributed by atoms with van der Waals surface area (Å²) in [5.41, 5.74) is 0.801. The Bertz CT molecular complexity index is 1330. The van der Waals surface area contributed by atoms with E-state index in [1.807, 2.05) is 6.92 Å². The van der Waals surface area contributed by atoms with Gasteiger partial charge in [0.05, 0.1) is 22.8 Å². The summed E-state index contributed by atoms with van der Waals surface area (Å²) in [6.45, 7) is 6.86. The molecule has 5 N–H and O–H groups in total. The molecule has 186 valence electrons. The van der Waals surface area contributed by atoms with Gasteiger partial charge in [-0.15, -0.1) is 5.10 Å². The molecule has 0 aliphatic rings. The zero-order valence-electron chi connectivity index (χ0n) is 19.5. The van der Waals surface area contributed by atoms with E-state index in [1.54, 1.807) is 13.8 Å². The van der Waals surface area contributed by atoms with Gasteiger partial charge in [-0.25, -0.2) is 22.6 Å². The van der Waals surface area contributed by atoms with Crippen LogP contribution in [0.3, 0.4) is 0 Å². The Morgan fingerprint density at radius 1 is 1.24 bits per heavy atom. The van der Waals surface area contributed by atoms with Gasteiger partial charge in [0.2, 0.25) is 15.9 Å². The Balaban J connectivity index is 2.04. The van der Waals surface area contributed by atoms with Crippen molar-refractivity contribution in [1.29, 1.82) is 0 Å². The van der Waals surface area contributed by atoms with E-state index in [2.05, 4.69) is 25.1 Å². The lowest BCUT2D eigenvalue weighted by Crippen LogP contribution is -2.45. The van der Waals surface area contributed by atoms with E-state index in [1.165, 1.54) is 22.7 Å². The van der Waals surface area contributed by atoms with Crippen molar-refractivity contribution in [2.75, 3.05) is 19.7 Å². The molecule has 12 nitrogen and oxygen atoms in total. The van der Waals surface area contributed by atoms with E-state index < -0.39 is 21.5 Å². The van der Waals surface area contributed by atoms with E-state index in [4.69, 9.17) is 4.74 Å². The van der Waals surface area contributed by atoms with Crippen molar-refractivity contribution in [1.82, 2.24) is 29.6 Å². The third-order valence-electron chi connectivity index (χ3n) is 4.91. The Morgan fingerprint density at radius 2 is 1.97 bits per heavy atom. The van der Waals surface area contributed by atoms with Crippen molar-refractivity contribution in [3.05, 3.63) is 40.1 Å². The van der Waals surface area contributed by atoms with Gasteiger partial charge in [0, 0.05) is 26.4 Å². The van der Waals surface area contributed by atoms with E-state index >= 15 is 0 Å². The first kappa shape index (κ1) is 25.8. The molecule has 0 spiro atoms. The number of imidazole rings is 1. The van der Waals surface area contributed by atoms with Gasteiger partial charge in [-0.1, -0.05) is 6.92 Å². The predicted molar refractivity (Wildman–Crippen MR) is 125 cm³/mol. The molecule has 0 fully saturated rings. The number of rotatable bonds is 11. The lowest BCUT2D eigenvalue weighted by molar-refractivity contribution is -0.168. The highest BCUT2D eigenvalue weighted by atomic mass is 32.2. The van der Waals surface area contributed by atoms with Crippen molar-refractivity contribution < 1.29 is 23.4 Å². The average Bonchev–Trinajstić information content (AvgIpc) is 3.07. The van der Waals surface area contributed by atoms with Crippen LogP contribution in [0, 0.1) is 6.92 Å². The zero-order chi connectivity index (χ0) is 25.1. The molecule has 0 aliphatic heterocycles. The molecule has 0 unspecified atom stereocenters. The number of aryl methyl sites for hydroxylation is 2. The van der Waals surface area contributed by atoms with E-state index in [0.717, 1.165) is 13.3 Å². The van der Waals surface area contributed by atoms with Crippen molar-refractivity contribution in [2.24, 2.45) is 0 Å². The van der Waals surface area contributed by atoms with Crippen molar-refractivity contribution in [3.63, 3.8) is 0 Å². The van der Waals surface area contributed by atoms with Crippen LogP contribution in [0.4, 0.5) is 0 Å². The molecule has 0 saturated heterocycles. The third-order valence-corrected chi connectivity index (χ3v) is 6.37. The largest absolute Gasteiger partial charge is 0.493 e. The Morgan fingerprint density at radius 3 is 2.62 bits per heavy atom. The highest BCUT2D eigenvalue weighted by Gasteiger charge is 2.21. The predicted octanol–water partition coefficient (Wildman–Crippen LogP) is 0.270. The van der Waals surface area contributed by atoms with Gasteiger partial charge in [-0.3, -0.25) is 10.1 Å². The summed E-state index contributed by atoms with van der Waals surface area (Å²) < 4.78 is 35.2. The fourth-order valence-electron chi connectivity index (χ4n) is 3.45. The number of aliphatic hydroxyl groups is 2. The highest BCUT2D eigenvalue weighted by molar-refractivity contribution is 7.89. The second kappa shape index (κ2) is 10.2. The van der Waals surface area contributed by atoms with Crippen LogP contribution >= 0.6 is 0 Å². The van der Waals surface area contributed by atoms with Gasteiger partial charge >= 0.3 is 0 Å². The number of aromatic nitrogens is 4. The van der Waals surface area contributed by atoms with Gasteiger partial charge < -0.3 is 19.9 Å². The summed E-state index contributed by atoms with van der Waals surface area (Å²) in [7, 11) is -3.95. The minimum atomic E-state index is -3.95. The molecular formula is C21H30N6O6S. The first-order chi connectivity index (χ1) is 16.0. The maximum atomic E-state index is 12.8. The number of hydrogen-bond acceptors (Lipinski definition) is 9. The number of sulfonamides is 1. The smallest absolute Gasteiger partial charge is 0.277 e. The minimum absolute atomic E-state index is 0.0155. The number of nitrogens with one attached hydrogen (secondary N) is 3.